The summed E-state index contributed by atoms with van der Waals surface area (Å²) in [7, 11) is 1.78. The first-order valence-corrected chi connectivity index (χ1v) is 6.94. The number of aryl methyl sites for hydroxylation is 1. The number of carbonyl (C=O) groups excluding carboxylic acids is 3. The van der Waals surface area contributed by atoms with Gasteiger partial charge in [0.05, 0.1) is 12.5 Å². The average molecular weight is 291 g/mol. The van der Waals surface area contributed by atoms with Crippen molar-refractivity contribution in [2.75, 3.05) is 11.4 Å². The van der Waals surface area contributed by atoms with Crippen LogP contribution in [-0.4, -0.2) is 51.2 Å². The SMILES string of the molecule is CCC1CN2C(=O)NC(=O)CC2C(=O)N1c1ccn(C)n1. The lowest BCUT2D eigenvalue weighted by Crippen LogP contribution is -2.68. The van der Waals surface area contributed by atoms with Crippen molar-refractivity contribution in [2.45, 2.75) is 31.8 Å². The number of amides is 4. The largest absolute Gasteiger partial charge is 0.324 e. The van der Waals surface area contributed by atoms with E-state index in [-0.39, 0.29) is 18.4 Å². The van der Waals surface area contributed by atoms with E-state index in [1.54, 1.807) is 28.9 Å². The van der Waals surface area contributed by atoms with Crippen molar-refractivity contribution < 1.29 is 14.4 Å². The Kier molecular flexibility index (Phi) is 3.15. The van der Waals surface area contributed by atoms with Gasteiger partial charge in [-0.3, -0.25) is 24.5 Å². The number of fused-ring (bicyclic) bond motifs is 1. The van der Waals surface area contributed by atoms with Crippen molar-refractivity contribution in [1.82, 2.24) is 20.0 Å². The molecule has 21 heavy (non-hydrogen) atoms. The number of nitrogens with one attached hydrogen (secondary N) is 1. The molecule has 2 aliphatic rings. The van der Waals surface area contributed by atoms with Crippen molar-refractivity contribution >= 4 is 23.7 Å². The number of urea groups is 1. The summed E-state index contributed by atoms with van der Waals surface area (Å²) in [6.07, 6.45) is 2.47. The Labute approximate surface area is 121 Å². The molecule has 0 saturated carbocycles. The topological polar surface area (TPSA) is 87.5 Å². The van der Waals surface area contributed by atoms with E-state index in [1.165, 1.54) is 4.90 Å². The lowest BCUT2D eigenvalue weighted by Gasteiger charge is -2.45. The highest BCUT2D eigenvalue weighted by atomic mass is 16.2. The number of rotatable bonds is 2. The number of anilines is 1. The first-order chi connectivity index (χ1) is 10.0. The quantitative estimate of drug-likeness (QED) is 0.821. The van der Waals surface area contributed by atoms with E-state index in [0.717, 1.165) is 0 Å². The predicted octanol–water partition coefficient (Wildman–Crippen LogP) is -0.144. The molecule has 2 saturated heterocycles. The molecule has 4 amide bonds. The Morgan fingerprint density at radius 1 is 1.38 bits per heavy atom. The van der Waals surface area contributed by atoms with Gasteiger partial charge in [-0.1, -0.05) is 6.92 Å². The fraction of sp³-hybridized carbons (Fsp3) is 0.538. The third-order valence-electron chi connectivity index (χ3n) is 3.97. The van der Waals surface area contributed by atoms with Gasteiger partial charge in [-0.05, 0) is 6.42 Å². The maximum atomic E-state index is 12.7. The second-order valence-corrected chi connectivity index (χ2v) is 5.34. The fourth-order valence-electron chi connectivity index (χ4n) is 2.89. The van der Waals surface area contributed by atoms with Crippen LogP contribution in [0.3, 0.4) is 0 Å². The van der Waals surface area contributed by atoms with Crippen LogP contribution in [0.2, 0.25) is 0 Å². The van der Waals surface area contributed by atoms with Gasteiger partial charge in [0.2, 0.25) is 5.91 Å². The second kappa shape index (κ2) is 4.87. The standard InChI is InChI=1S/C13H17N5O3/c1-3-8-7-17-9(6-11(19)14-13(17)21)12(20)18(8)10-4-5-16(2)15-10/h4-5,8-9H,3,6-7H2,1-2H3,(H,14,19,21). The fourth-order valence-corrected chi connectivity index (χ4v) is 2.89. The van der Waals surface area contributed by atoms with Crippen LogP contribution in [0.25, 0.3) is 0 Å². The molecule has 1 aromatic rings. The van der Waals surface area contributed by atoms with Gasteiger partial charge >= 0.3 is 6.03 Å². The molecule has 0 aliphatic carbocycles. The molecule has 1 N–H and O–H groups in total. The molecule has 2 fully saturated rings. The number of nitrogens with zero attached hydrogens (tertiary/aromatic N) is 4. The zero-order chi connectivity index (χ0) is 15.1. The minimum atomic E-state index is -0.726. The van der Waals surface area contributed by atoms with E-state index in [4.69, 9.17) is 0 Å². The molecule has 2 atom stereocenters. The predicted molar refractivity (Wildman–Crippen MR) is 73.4 cm³/mol. The normalized spacial score (nSPS) is 25.9. The van der Waals surface area contributed by atoms with Crippen molar-refractivity contribution in [3.8, 4) is 0 Å². The molecule has 3 rings (SSSR count). The minimum absolute atomic E-state index is 0.00431. The summed E-state index contributed by atoms with van der Waals surface area (Å²) in [4.78, 5) is 39.2. The summed E-state index contributed by atoms with van der Waals surface area (Å²) in [5.41, 5.74) is 0. The Morgan fingerprint density at radius 3 is 2.76 bits per heavy atom. The Balaban J connectivity index is 1.95. The van der Waals surface area contributed by atoms with Gasteiger partial charge in [0.25, 0.3) is 5.91 Å². The Morgan fingerprint density at radius 2 is 2.14 bits per heavy atom. The highest BCUT2D eigenvalue weighted by Crippen LogP contribution is 2.27. The van der Waals surface area contributed by atoms with Gasteiger partial charge in [0.15, 0.2) is 5.82 Å². The molecule has 2 aliphatic heterocycles. The molecule has 0 bridgehead atoms. The molecule has 8 heteroatoms. The average Bonchev–Trinajstić information content (AvgIpc) is 2.85. The van der Waals surface area contributed by atoms with Crippen LogP contribution in [0.1, 0.15) is 19.8 Å². The van der Waals surface area contributed by atoms with Crippen molar-refractivity contribution in [2.24, 2.45) is 7.05 Å². The summed E-state index contributed by atoms with van der Waals surface area (Å²) >= 11 is 0. The van der Waals surface area contributed by atoms with E-state index in [2.05, 4.69) is 10.4 Å². The van der Waals surface area contributed by atoms with E-state index in [0.29, 0.717) is 18.8 Å². The molecule has 1 aromatic heterocycles. The smallest absolute Gasteiger partial charge is 0.310 e. The molecule has 2 unspecified atom stereocenters. The first-order valence-electron chi connectivity index (χ1n) is 6.94. The van der Waals surface area contributed by atoms with Crippen LogP contribution in [-0.2, 0) is 16.6 Å². The maximum Gasteiger partial charge on any atom is 0.324 e. The van der Waals surface area contributed by atoms with Gasteiger partial charge in [-0.15, -0.1) is 0 Å². The molecule has 0 aromatic carbocycles. The van der Waals surface area contributed by atoms with Crippen LogP contribution >= 0.6 is 0 Å². The monoisotopic (exact) mass is 291 g/mol. The number of aromatic nitrogens is 2. The second-order valence-electron chi connectivity index (χ2n) is 5.34. The third kappa shape index (κ3) is 2.16. The van der Waals surface area contributed by atoms with Crippen LogP contribution in [0, 0.1) is 0 Å². The Hall–Kier alpha value is -2.38. The number of hydrogen-bond acceptors (Lipinski definition) is 4. The van der Waals surface area contributed by atoms with Crippen LogP contribution in [0.4, 0.5) is 10.6 Å². The third-order valence-corrected chi connectivity index (χ3v) is 3.97. The maximum absolute atomic E-state index is 12.7. The lowest BCUT2D eigenvalue weighted by molar-refractivity contribution is -0.133. The molecule has 0 spiro atoms. The Bertz CT molecular complexity index is 611. The van der Waals surface area contributed by atoms with E-state index < -0.39 is 18.0 Å². The molecule has 3 heterocycles. The zero-order valence-electron chi connectivity index (χ0n) is 11.9. The van der Waals surface area contributed by atoms with Gasteiger partial charge in [-0.2, -0.15) is 5.10 Å². The summed E-state index contributed by atoms with van der Waals surface area (Å²) in [5.74, 6) is -0.0899. The summed E-state index contributed by atoms with van der Waals surface area (Å²) in [5, 5.41) is 6.54. The van der Waals surface area contributed by atoms with Gasteiger partial charge in [-0.25, -0.2) is 4.79 Å². The van der Waals surface area contributed by atoms with Gasteiger partial charge < -0.3 is 4.90 Å². The van der Waals surface area contributed by atoms with Crippen LogP contribution < -0.4 is 10.2 Å². The number of imide groups is 1. The zero-order valence-corrected chi connectivity index (χ0v) is 11.9. The van der Waals surface area contributed by atoms with E-state index in [1.807, 2.05) is 6.92 Å². The molecular formula is C13H17N5O3. The number of hydrogen-bond donors (Lipinski definition) is 1. The highest BCUT2D eigenvalue weighted by molar-refractivity contribution is 6.07. The van der Waals surface area contributed by atoms with E-state index >= 15 is 0 Å². The lowest BCUT2D eigenvalue weighted by atomic mass is 9.99. The van der Waals surface area contributed by atoms with Crippen LogP contribution in [0.5, 0.6) is 0 Å². The highest BCUT2D eigenvalue weighted by Gasteiger charge is 2.46. The van der Waals surface area contributed by atoms with E-state index in [9.17, 15) is 14.4 Å². The van der Waals surface area contributed by atoms with Crippen molar-refractivity contribution in [1.29, 1.82) is 0 Å². The van der Waals surface area contributed by atoms with Gasteiger partial charge in [0.1, 0.15) is 6.04 Å². The number of piperazine rings is 1. The minimum Gasteiger partial charge on any atom is -0.310 e. The number of carbonyl (C=O) groups is 3. The van der Waals surface area contributed by atoms with Gasteiger partial charge in [0, 0.05) is 25.9 Å². The molecule has 8 nitrogen and oxygen atoms in total. The molecule has 112 valence electrons. The summed E-state index contributed by atoms with van der Waals surface area (Å²) in [6.45, 7) is 2.36. The summed E-state index contributed by atoms with van der Waals surface area (Å²) < 4.78 is 1.63. The molecular weight excluding hydrogens is 274 g/mol. The van der Waals surface area contributed by atoms with Crippen molar-refractivity contribution in [3.05, 3.63) is 12.3 Å². The van der Waals surface area contributed by atoms with Crippen LogP contribution in [0.15, 0.2) is 12.3 Å². The van der Waals surface area contributed by atoms with Crippen molar-refractivity contribution in [3.63, 3.8) is 0 Å². The summed E-state index contributed by atoms with van der Waals surface area (Å²) in [6, 6.07) is 0.420. The first kappa shape index (κ1) is 13.6. The molecule has 0 radical (unpaired) electrons.